The van der Waals surface area contributed by atoms with Crippen LogP contribution in [0.25, 0.3) is 0 Å². The van der Waals surface area contributed by atoms with Gasteiger partial charge in [0.05, 0.1) is 0 Å². The maximum atomic E-state index is 12.2. The monoisotopic (exact) mass is 277 g/mol. The van der Waals surface area contributed by atoms with E-state index in [1.165, 1.54) is 0 Å². The number of hydrogen-bond donors (Lipinski definition) is 2. The number of rotatable bonds is 4. The van der Waals surface area contributed by atoms with Crippen LogP contribution in [0.3, 0.4) is 0 Å². The Morgan fingerprint density at radius 2 is 2.00 bits per heavy atom. The number of ether oxygens (including phenoxy) is 2. The Bertz CT molecular complexity index is 581. The summed E-state index contributed by atoms with van der Waals surface area (Å²) in [5.74, 6) is -0.335. The van der Waals surface area contributed by atoms with E-state index in [2.05, 4.69) is 5.32 Å². The average molecular weight is 277 g/mol. The van der Waals surface area contributed by atoms with Crippen molar-refractivity contribution in [3.8, 4) is 11.5 Å². The zero-order valence-electron chi connectivity index (χ0n) is 11.0. The molecule has 1 atom stereocenters. The highest BCUT2D eigenvalue weighted by molar-refractivity contribution is 5.98. The van der Waals surface area contributed by atoms with Crippen LogP contribution in [0, 0.1) is 5.92 Å². The number of carbonyl (C=O) groups excluding carboxylic acids is 1. The predicted octanol–water partition coefficient (Wildman–Crippen LogP) is 1.40. The van der Waals surface area contributed by atoms with Gasteiger partial charge in [0, 0.05) is 5.56 Å². The standard InChI is InChI=1S/C14H15NO5/c1-14(13(17)18,9-3-4-9)15-12(16)8-2-5-10-11(6-8)20-7-19-10/h2,5-6,9H,3-4,7H2,1H3,(H,15,16)(H,17,18)/t14-/m0/s1. The van der Waals surface area contributed by atoms with Gasteiger partial charge < -0.3 is 19.9 Å². The molecule has 6 nitrogen and oxygen atoms in total. The van der Waals surface area contributed by atoms with E-state index in [0.29, 0.717) is 17.1 Å². The van der Waals surface area contributed by atoms with Crippen LogP contribution in [0.15, 0.2) is 18.2 Å². The Hall–Kier alpha value is -2.24. The van der Waals surface area contributed by atoms with Crippen molar-refractivity contribution in [2.75, 3.05) is 6.79 Å². The summed E-state index contributed by atoms with van der Waals surface area (Å²) in [4.78, 5) is 23.6. The molecule has 20 heavy (non-hydrogen) atoms. The first-order chi connectivity index (χ1) is 9.50. The van der Waals surface area contributed by atoms with Gasteiger partial charge in [-0.15, -0.1) is 0 Å². The summed E-state index contributed by atoms with van der Waals surface area (Å²) in [6.07, 6.45) is 1.65. The quantitative estimate of drug-likeness (QED) is 0.869. The van der Waals surface area contributed by atoms with Gasteiger partial charge in [-0.25, -0.2) is 4.79 Å². The van der Waals surface area contributed by atoms with Crippen molar-refractivity contribution in [3.63, 3.8) is 0 Å². The number of carboxylic acid groups (broad SMARTS) is 1. The van der Waals surface area contributed by atoms with Gasteiger partial charge in [0.1, 0.15) is 5.54 Å². The van der Waals surface area contributed by atoms with Crippen LogP contribution < -0.4 is 14.8 Å². The van der Waals surface area contributed by atoms with Gasteiger partial charge in [0.25, 0.3) is 5.91 Å². The Morgan fingerprint density at radius 1 is 1.30 bits per heavy atom. The van der Waals surface area contributed by atoms with Gasteiger partial charge in [-0.3, -0.25) is 4.79 Å². The summed E-state index contributed by atoms with van der Waals surface area (Å²) in [6, 6.07) is 4.80. The largest absolute Gasteiger partial charge is 0.480 e. The number of hydrogen-bond acceptors (Lipinski definition) is 4. The minimum Gasteiger partial charge on any atom is -0.480 e. The Labute approximate surface area is 115 Å². The van der Waals surface area contributed by atoms with Gasteiger partial charge in [-0.2, -0.15) is 0 Å². The highest BCUT2D eigenvalue weighted by Gasteiger charge is 2.48. The molecule has 3 rings (SSSR count). The van der Waals surface area contributed by atoms with Gasteiger partial charge in [-0.1, -0.05) is 0 Å². The first kappa shape index (κ1) is 12.8. The fourth-order valence-corrected chi connectivity index (χ4v) is 2.34. The van der Waals surface area contributed by atoms with Crippen molar-refractivity contribution < 1.29 is 24.2 Å². The number of fused-ring (bicyclic) bond motifs is 1. The SMILES string of the molecule is C[C@@](NC(=O)c1ccc2c(c1)OCO2)(C(=O)O)C1CC1. The zero-order valence-corrected chi connectivity index (χ0v) is 11.0. The predicted molar refractivity (Wildman–Crippen MR) is 68.8 cm³/mol. The third-order valence-electron chi connectivity index (χ3n) is 3.85. The molecule has 0 unspecified atom stereocenters. The summed E-state index contributed by atoms with van der Waals surface area (Å²) in [6.45, 7) is 1.69. The van der Waals surface area contributed by atoms with Crippen LogP contribution in [-0.4, -0.2) is 29.3 Å². The molecule has 2 aliphatic rings. The van der Waals surface area contributed by atoms with E-state index in [9.17, 15) is 14.7 Å². The van der Waals surface area contributed by atoms with Gasteiger partial charge in [0.15, 0.2) is 11.5 Å². The Morgan fingerprint density at radius 3 is 2.65 bits per heavy atom. The van der Waals surface area contributed by atoms with E-state index >= 15 is 0 Å². The van der Waals surface area contributed by atoms with Crippen LogP contribution in [-0.2, 0) is 4.79 Å². The fourth-order valence-electron chi connectivity index (χ4n) is 2.34. The third kappa shape index (κ3) is 2.07. The van der Waals surface area contributed by atoms with Crippen LogP contribution in [0.2, 0.25) is 0 Å². The van der Waals surface area contributed by atoms with Gasteiger partial charge in [-0.05, 0) is 43.9 Å². The van der Waals surface area contributed by atoms with Crippen molar-refractivity contribution in [2.24, 2.45) is 5.92 Å². The van der Waals surface area contributed by atoms with Crippen LogP contribution >= 0.6 is 0 Å². The Kier molecular flexibility index (Phi) is 2.81. The maximum Gasteiger partial charge on any atom is 0.329 e. The lowest BCUT2D eigenvalue weighted by Gasteiger charge is -2.26. The number of nitrogens with one attached hydrogen (secondary N) is 1. The minimum atomic E-state index is -1.21. The van der Waals surface area contributed by atoms with Crippen molar-refractivity contribution in [3.05, 3.63) is 23.8 Å². The molecular formula is C14H15NO5. The lowest BCUT2D eigenvalue weighted by Crippen LogP contribution is -2.54. The van der Waals surface area contributed by atoms with Crippen molar-refractivity contribution in [1.29, 1.82) is 0 Å². The number of carbonyl (C=O) groups is 2. The van der Waals surface area contributed by atoms with E-state index in [-0.39, 0.29) is 12.7 Å². The van der Waals surface area contributed by atoms with E-state index < -0.39 is 17.4 Å². The number of benzene rings is 1. The first-order valence-corrected chi connectivity index (χ1v) is 6.46. The first-order valence-electron chi connectivity index (χ1n) is 6.46. The second-order valence-corrected chi connectivity index (χ2v) is 5.30. The molecule has 1 aliphatic heterocycles. The molecule has 1 fully saturated rings. The highest BCUT2D eigenvalue weighted by Crippen LogP contribution is 2.40. The van der Waals surface area contributed by atoms with E-state index in [1.807, 2.05) is 0 Å². The maximum absolute atomic E-state index is 12.2. The molecule has 0 saturated heterocycles. The molecular weight excluding hydrogens is 262 g/mol. The summed E-state index contributed by atoms with van der Waals surface area (Å²) < 4.78 is 10.4. The molecule has 0 bridgehead atoms. The molecule has 2 N–H and O–H groups in total. The number of carboxylic acids is 1. The van der Waals surface area contributed by atoms with E-state index in [0.717, 1.165) is 12.8 Å². The fraction of sp³-hybridized carbons (Fsp3) is 0.429. The third-order valence-corrected chi connectivity index (χ3v) is 3.85. The van der Waals surface area contributed by atoms with Gasteiger partial charge >= 0.3 is 5.97 Å². The zero-order chi connectivity index (χ0) is 14.3. The number of amides is 1. The molecule has 0 spiro atoms. The molecule has 1 saturated carbocycles. The van der Waals surface area contributed by atoms with E-state index in [4.69, 9.17) is 9.47 Å². The van der Waals surface area contributed by atoms with Crippen LogP contribution in [0.4, 0.5) is 0 Å². The Balaban J connectivity index is 1.80. The number of aliphatic carboxylic acids is 1. The van der Waals surface area contributed by atoms with Crippen molar-refractivity contribution in [1.82, 2.24) is 5.32 Å². The summed E-state index contributed by atoms with van der Waals surface area (Å²) in [5, 5.41) is 12.0. The second-order valence-electron chi connectivity index (χ2n) is 5.30. The molecule has 1 amide bonds. The van der Waals surface area contributed by atoms with Crippen molar-refractivity contribution >= 4 is 11.9 Å². The summed E-state index contributed by atoms with van der Waals surface area (Å²) in [7, 11) is 0. The second kappa shape index (κ2) is 4.40. The van der Waals surface area contributed by atoms with Gasteiger partial charge in [0.2, 0.25) is 6.79 Å². The summed E-state index contributed by atoms with van der Waals surface area (Å²) in [5.41, 5.74) is -0.852. The van der Waals surface area contributed by atoms with Crippen LogP contribution in [0.1, 0.15) is 30.1 Å². The molecule has 6 heteroatoms. The minimum absolute atomic E-state index is 0.00189. The molecule has 1 aromatic rings. The lowest BCUT2D eigenvalue weighted by atomic mass is 9.95. The van der Waals surface area contributed by atoms with E-state index in [1.54, 1.807) is 25.1 Å². The molecule has 0 aromatic heterocycles. The topological polar surface area (TPSA) is 84.9 Å². The smallest absolute Gasteiger partial charge is 0.329 e. The molecule has 1 aliphatic carbocycles. The highest BCUT2D eigenvalue weighted by atomic mass is 16.7. The average Bonchev–Trinajstić information content (AvgIpc) is 3.16. The molecule has 1 aromatic carbocycles. The summed E-state index contributed by atoms with van der Waals surface area (Å²) >= 11 is 0. The molecule has 1 heterocycles. The molecule has 106 valence electrons. The molecule has 0 radical (unpaired) electrons. The van der Waals surface area contributed by atoms with Crippen LogP contribution in [0.5, 0.6) is 11.5 Å². The normalized spacial score (nSPS) is 19.2. The van der Waals surface area contributed by atoms with Crippen molar-refractivity contribution in [2.45, 2.75) is 25.3 Å². The lowest BCUT2D eigenvalue weighted by molar-refractivity contribution is -0.144.